The molecule has 0 atom stereocenters. The number of ether oxygens (including phenoxy) is 4. The Labute approximate surface area is 207 Å². The molecule has 0 radical (unpaired) electrons. The minimum Gasteiger partial charge on any atom is -0.490 e. The Morgan fingerprint density at radius 1 is 0.943 bits per heavy atom. The van der Waals surface area contributed by atoms with Crippen LogP contribution in [0.15, 0.2) is 36.4 Å². The van der Waals surface area contributed by atoms with Crippen molar-refractivity contribution in [1.82, 2.24) is 0 Å². The number of hydrogen-bond acceptors (Lipinski definition) is 7. The molecule has 186 valence electrons. The van der Waals surface area contributed by atoms with Gasteiger partial charge in [0.2, 0.25) is 5.75 Å². The van der Waals surface area contributed by atoms with Crippen LogP contribution in [0.25, 0.3) is 11.1 Å². The molecular formula is C26H28FNO6S. The molecule has 0 spiro atoms. The summed E-state index contributed by atoms with van der Waals surface area (Å²) in [6.45, 7) is 8.46. The van der Waals surface area contributed by atoms with Gasteiger partial charge in [-0.05, 0) is 57.5 Å². The highest BCUT2D eigenvalue weighted by molar-refractivity contribution is 7.17. The van der Waals surface area contributed by atoms with Crippen molar-refractivity contribution >= 4 is 28.2 Å². The zero-order valence-electron chi connectivity index (χ0n) is 20.3. The van der Waals surface area contributed by atoms with Crippen molar-refractivity contribution < 1.29 is 32.9 Å². The van der Waals surface area contributed by atoms with E-state index < -0.39 is 11.9 Å². The van der Waals surface area contributed by atoms with Crippen LogP contribution in [0.5, 0.6) is 17.2 Å². The molecule has 1 amide bonds. The molecule has 35 heavy (non-hydrogen) atoms. The van der Waals surface area contributed by atoms with Crippen molar-refractivity contribution in [1.29, 1.82) is 0 Å². The van der Waals surface area contributed by atoms with Crippen LogP contribution >= 0.6 is 11.3 Å². The molecule has 7 nitrogen and oxygen atoms in total. The summed E-state index contributed by atoms with van der Waals surface area (Å²) in [7, 11) is 1.27. The van der Waals surface area contributed by atoms with Gasteiger partial charge in [0.15, 0.2) is 11.5 Å². The van der Waals surface area contributed by atoms with Gasteiger partial charge in [-0.25, -0.2) is 9.18 Å². The van der Waals surface area contributed by atoms with Gasteiger partial charge in [-0.15, -0.1) is 11.3 Å². The second-order valence-corrected chi connectivity index (χ2v) is 8.52. The summed E-state index contributed by atoms with van der Waals surface area (Å²) < 4.78 is 35.6. The number of thiophene rings is 1. The number of carbonyl (C=O) groups is 2. The van der Waals surface area contributed by atoms with Gasteiger partial charge >= 0.3 is 5.97 Å². The first kappa shape index (κ1) is 26.0. The molecule has 0 aliphatic heterocycles. The number of aryl methyl sites for hydroxylation is 1. The Bertz CT molecular complexity index is 1180. The maximum atomic E-state index is 13.5. The summed E-state index contributed by atoms with van der Waals surface area (Å²) in [5.41, 5.74) is 1.69. The average Bonchev–Trinajstić information content (AvgIpc) is 3.16. The van der Waals surface area contributed by atoms with Gasteiger partial charge in [0.25, 0.3) is 5.91 Å². The number of benzene rings is 2. The molecule has 3 rings (SSSR count). The standard InChI is InChI=1S/C26H28FNO6S/c1-6-32-19-13-17(14-20(33-7-2)23(19)34-8-3)24(29)28-25-22(26(30)31-5)21(15(4)35-25)16-9-11-18(27)12-10-16/h9-14H,6-8H2,1-5H3,(H,28,29). The van der Waals surface area contributed by atoms with Gasteiger partial charge in [0, 0.05) is 16.0 Å². The van der Waals surface area contributed by atoms with E-state index in [1.165, 1.54) is 30.6 Å². The molecule has 0 unspecified atom stereocenters. The summed E-state index contributed by atoms with van der Waals surface area (Å²) in [4.78, 5) is 26.8. The summed E-state index contributed by atoms with van der Waals surface area (Å²) in [5, 5.41) is 3.15. The summed E-state index contributed by atoms with van der Waals surface area (Å²) in [5.74, 6) is -0.275. The molecule has 1 heterocycles. The molecule has 0 aliphatic rings. The van der Waals surface area contributed by atoms with Gasteiger partial charge < -0.3 is 24.3 Å². The van der Waals surface area contributed by atoms with Crippen molar-refractivity contribution in [3.8, 4) is 28.4 Å². The lowest BCUT2D eigenvalue weighted by molar-refractivity contribution is 0.0603. The Morgan fingerprint density at radius 3 is 2.03 bits per heavy atom. The van der Waals surface area contributed by atoms with E-state index in [1.807, 2.05) is 27.7 Å². The van der Waals surface area contributed by atoms with Crippen LogP contribution in [-0.2, 0) is 4.74 Å². The number of hydrogen-bond donors (Lipinski definition) is 1. The monoisotopic (exact) mass is 501 g/mol. The van der Waals surface area contributed by atoms with Crippen molar-refractivity contribution in [2.75, 3.05) is 32.2 Å². The van der Waals surface area contributed by atoms with Crippen LogP contribution < -0.4 is 19.5 Å². The molecular weight excluding hydrogens is 473 g/mol. The maximum Gasteiger partial charge on any atom is 0.341 e. The molecule has 1 N–H and O–H groups in total. The van der Waals surface area contributed by atoms with E-state index >= 15 is 0 Å². The number of carbonyl (C=O) groups excluding carboxylic acids is 2. The molecule has 2 aromatic carbocycles. The third kappa shape index (κ3) is 5.74. The van der Waals surface area contributed by atoms with E-state index in [9.17, 15) is 14.0 Å². The summed E-state index contributed by atoms with van der Waals surface area (Å²) in [6.07, 6.45) is 0. The largest absolute Gasteiger partial charge is 0.490 e. The summed E-state index contributed by atoms with van der Waals surface area (Å²) in [6, 6.07) is 8.94. The number of anilines is 1. The fraction of sp³-hybridized carbons (Fsp3) is 0.308. The van der Waals surface area contributed by atoms with Crippen LogP contribution in [0.2, 0.25) is 0 Å². The number of methoxy groups -OCH3 is 1. The Hall–Kier alpha value is -3.59. The molecule has 0 saturated heterocycles. The predicted molar refractivity (Wildman–Crippen MR) is 134 cm³/mol. The second kappa shape index (κ2) is 11.7. The minimum atomic E-state index is -0.610. The zero-order valence-corrected chi connectivity index (χ0v) is 21.1. The highest BCUT2D eigenvalue weighted by atomic mass is 32.1. The van der Waals surface area contributed by atoms with Crippen LogP contribution in [0, 0.1) is 12.7 Å². The average molecular weight is 502 g/mol. The third-order valence-electron chi connectivity index (χ3n) is 5.01. The van der Waals surface area contributed by atoms with Gasteiger partial charge in [-0.1, -0.05) is 12.1 Å². The SMILES string of the molecule is CCOc1cc(C(=O)Nc2sc(C)c(-c3ccc(F)cc3)c2C(=O)OC)cc(OCC)c1OCC. The van der Waals surface area contributed by atoms with Crippen LogP contribution in [0.3, 0.4) is 0 Å². The fourth-order valence-corrected chi connectivity index (χ4v) is 4.65. The molecule has 0 bridgehead atoms. The Morgan fingerprint density at radius 2 is 1.51 bits per heavy atom. The van der Waals surface area contributed by atoms with Gasteiger partial charge in [0.05, 0.1) is 26.9 Å². The van der Waals surface area contributed by atoms with Crippen molar-refractivity contribution in [3.63, 3.8) is 0 Å². The van der Waals surface area contributed by atoms with E-state index in [0.717, 1.165) is 4.88 Å². The first-order valence-electron chi connectivity index (χ1n) is 11.2. The van der Waals surface area contributed by atoms with E-state index in [2.05, 4.69) is 5.32 Å². The molecule has 0 fully saturated rings. The maximum absolute atomic E-state index is 13.5. The van der Waals surface area contributed by atoms with Crippen LogP contribution in [0.1, 0.15) is 46.4 Å². The molecule has 0 aliphatic carbocycles. The van der Waals surface area contributed by atoms with Crippen molar-refractivity contribution in [3.05, 3.63) is 58.2 Å². The fourth-order valence-electron chi connectivity index (χ4n) is 3.59. The van der Waals surface area contributed by atoms with Crippen LogP contribution in [0.4, 0.5) is 9.39 Å². The number of nitrogens with one attached hydrogen (secondary N) is 1. The molecule has 1 aromatic heterocycles. The van der Waals surface area contributed by atoms with E-state index in [4.69, 9.17) is 18.9 Å². The highest BCUT2D eigenvalue weighted by Gasteiger charge is 2.26. The van der Waals surface area contributed by atoms with E-state index in [0.29, 0.717) is 53.2 Å². The van der Waals surface area contributed by atoms with Gasteiger partial charge in [0.1, 0.15) is 16.4 Å². The van der Waals surface area contributed by atoms with Crippen molar-refractivity contribution in [2.24, 2.45) is 0 Å². The quantitative estimate of drug-likeness (QED) is 0.338. The second-order valence-electron chi connectivity index (χ2n) is 7.29. The van der Waals surface area contributed by atoms with E-state index in [-0.39, 0.29) is 16.9 Å². The summed E-state index contributed by atoms with van der Waals surface area (Å²) >= 11 is 1.23. The number of esters is 1. The van der Waals surface area contributed by atoms with Crippen LogP contribution in [-0.4, -0.2) is 38.8 Å². The lowest BCUT2D eigenvalue weighted by Gasteiger charge is -2.17. The molecule has 0 saturated carbocycles. The lowest BCUT2D eigenvalue weighted by atomic mass is 10.0. The third-order valence-corrected chi connectivity index (χ3v) is 6.03. The smallest absolute Gasteiger partial charge is 0.341 e. The highest BCUT2D eigenvalue weighted by Crippen LogP contribution is 2.42. The lowest BCUT2D eigenvalue weighted by Crippen LogP contribution is -2.15. The van der Waals surface area contributed by atoms with E-state index in [1.54, 1.807) is 24.3 Å². The number of amides is 1. The molecule has 9 heteroatoms. The molecule has 3 aromatic rings. The first-order chi connectivity index (χ1) is 16.8. The first-order valence-corrected chi connectivity index (χ1v) is 12.0. The van der Waals surface area contributed by atoms with Crippen molar-refractivity contribution in [2.45, 2.75) is 27.7 Å². The minimum absolute atomic E-state index is 0.205. The normalized spacial score (nSPS) is 10.6. The Kier molecular flexibility index (Phi) is 8.70. The topological polar surface area (TPSA) is 83.1 Å². The Balaban J connectivity index is 2.06. The predicted octanol–water partition coefficient (Wildman–Crippen LogP) is 6.10. The zero-order chi connectivity index (χ0) is 25.5. The van der Waals surface area contributed by atoms with Gasteiger partial charge in [-0.3, -0.25) is 4.79 Å². The number of rotatable bonds is 10. The number of halogens is 1. The van der Waals surface area contributed by atoms with Gasteiger partial charge in [-0.2, -0.15) is 0 Å².